The van der Waals surface area contributed by atoms with Gasteiger partial charge in [0.2, 0.25) is 10.0 Å². The van der Waals surface area contributed by atoms with Crippen molar-refractivity contribution in [2.45, 2.75) is 23.8 Å². The molecule has 2 aromatic rings. The van der Waals surface area contributed by atoms with Gasteiger partial charge < -0.3 is 14.4 Å². The van der Waals surface area contributed by atoms with Crippen LogP contribution in [-0.4, -0.2) is 31.0 Å². The summed E-state index contributed by atoms with van der Waals surface area (Å²) in [7, 11) is -2.50. The number of hydrogen-bond donors (Lipinski definition) is 2. The standard InChI is InChI=1S/C15H17F3N2O4S/c1-20-10-4-5-11(20)12(21)8-9-19-25(22,23)14-7-3-2-6-13(14)24-15(16,17)18/h2-7,10,12,19,21H,8-9H2,1H3/t12-/m1/s1. The summed E-state index contributed by atoms with van der Waals surface area (Å²) in [6.07, 6.45) is -4.13. The third-order valence-electron chi connectivity index (χ3n) is 3.40. The van der Waals surface area contributed by atoms with E-state index in [1.54, 1.807) is 29.9 Å². The number of aromatic nitrogens is 1. The van der Waals surface area contributed by atoms with Crippen LogP contribution in [0.1, 0.15) is 18.2 Å². The number of aliphatic hydroxyl groups excluding tert-OH is 1. The van der Waals surface area contributed by atoms with Gasteiger partial charge in [0.15, 0.2) is 0 Å². The summed E-state index contributed by atoms with van der Waals surface area (Å²) in [6.45, 7) is -0.158. The molecule has 0 aliphatic rings. The molecule has 1 heterocycles. The van der Waals surface area contributed by atoms with Gasteiger partial charge in [0.25, 0.3) is 0 Å². The zero-order valence-electron chi connectivity index (χ0n) is 13.2. The number of benzene rings is 1. The van der Waals surface area contributed by atoms with Gasteiger partial charge in [-0.05, 0) is 30.7 Å². The second-order valence-electron chi connectivity index (χ2n) is 5.24. The molecule has 0 spiro atoms. The summed E-state index contributed by atoms with van der Waals surface area (Å²) in [5.74, 6) is -0.814. The highest BCUT2D eigenvalue weighted by molar-refractivity contribution is 7.89. The fraction of sp³-hybridized carbons (Fsp3) is 0.333. The van der Waals surface area contributed by atoms with Crippen molar-refractivity contribution in [3.63, 3.8) is 0 Å². The van der Waals surface area contributed by atoms with Crippen LogP contribution in [0.15, 0.2) is 47.5 Å². The predicted molar refractivity (Wildman–Crippen MR) is 83.3 cm³/mol. The molecule has 25 heavy (non-hydrogen) atoms. The van der Waals surface area contributed by atoms with E-state index in [9.17, 15) is 26.7 Å². The first-order chi connectivity index (χ1) is 11.6. The van der Waals surface area contributed by atoms with Crippen LogP contribution in [0.5, 0.6) is 5.75 Å². The number of halogens is 3. The fourth-order valence-corrected chi connectivity index (χ4v) is 3.43. The molecule has 0 unspecified atom stereocenters. The molecule has 0 radical (unpaired) electrons. The highest BCUT2D eigenvalue weighted by Gasteiger charge is 2.33. The Balaban J connectivity index is 2.06. The maximum Gasteiger partial charge on any atom is 0.573 e. The lowest BCUT2D eigenvalue weighted by molar-refractivity contribution is -0.275. The van der Waals surface area contributed by atoms with Crippen LogP contribution in [0.3, 0.4) is 0 Å². The average Bonchev–Trinajstić information content (AvgIpc) is 2.92. The number of aryl methyl sites for hydroxylation is 1. The number of aliphatic hydroxyl groups is 1. The zero-order chi connectivity index (χ0) is 18.7. The van der Waals surface area contributed by atoms with E-state index < -0.39 is 33.1 Å². The van der Waals surface area contributed by atoms with E-state index in [-0.39, 0.29) is 13.0 Å². The molecule has 0 aliphatic heterocycles. The van der Waals surface area contributed by atoms with Crippen LogP contribution >= 0.6 is 0 Å². The summed E-state index contributed by atoms with van der Waals surface area (Å²) in [5, 5.41) is 10.0. The molecule has 0 bridgehead atoms. The Labute approximate surface area is 142 Å². The minimum Gasteiger partial charge on any atom is -0.404 e. The first-order valence-corrected chi connectivity index (χ1v) is 8.72. The number of ether oxygens (including phenoxy) is 1. The number of para-hydroxylation sites is 1. The van der Waals surface area contributed by atoms with Gasteiger partial charge in [0.05, 0.1) is 6.10 Å². The van der Waals surface area contributed by atoms with Gasteiger partial charge in [0, 0.05) is 25.5 Å². The Hall–Kier alpha value is -2.04. The number of rotatable bonds is 7. The van der Waals surface area contributed by atoms with Gasteiger partial charge in [-0.15, -0.1) is 13.2 Å². The van der Waals surface area contributed by atoms with Crippen molar-refractivity contribution in [1.82, 2.24) is 9.29 Å². The molecule has 1 atom stereocenters. The Bertz CT molecular complexity index is 818. The SMILES string of the molecule is Cn1cccc1[C@H](O)CCNS(=O)(=O)c1ccccc1OC(F)(F)F. The molecule has 1 aromatic carbocycles. The first-order valence-electron chi connectivity index (χ1n) is 7.24. The number of nitrogens with one attached hydrogen (secondary N) is 1. The minimum atomic E-state index is -5.01. The van der Waals surface area contributed by atoms with Crippen molar-refractivity contribution in [3.05, 3.63) is 48.3 Å². The molecule has 0 fully saturated rings. The predicted octanol–water partition coefficient (Wildman–Crippen LogP) is 2.33. The van der Waals surface area contributed by atoms with Crippen molar-refractivity contribution in [3.8, 4) is 5.75 Å². The minimum absolute atomic E-state index is 0.0549. The van der Waals surface area contributed by atoms with Crippen LogP contribution in [0.2, 0.25) is 0 Å². The topological polar surface area (TPSA) is 80.6 Å². The molecule has 2 rings (SSSR count). The maximum atomic E-state index is 12.4. The molecule has 1 aromatic heterocycles. The lowest BCUT2D eigenvalue weighted by atomic mass is 10.2. The molecule has 0 saturated heterocycles. The van der Waals surface area contributed by atoms with E-state index in [0.717, 1.165) is 12.1 Å². The van der Waals surface area contributed by atoms with E-state index in [0.29, 0.717) is 5.69 Å². The normalized spacial score (nSPS) is 13.6. The van der Waals surface area contributed by atoms with Crippen molar-refractivity contribution in [2.24, 2.45) is 7.05 Å². The van der Waals surface area contributed by atoms with Gasteiger partial charge in [-0.2, -0.15) is 0 Å². The average molecular weight is 378 g/mol. The van der Waals surface area contributed by atoms with Crippen molar-refractivity contribution < 1.29 is 31.4 Å². The third-order valence-corrected chi connectivity index (χ3v) is 4.90. The van der Waals surface area contributed by atoms with Gasteiger partial charge in [-0.3, -0.25) is 0 Å². The van der Waals surface area contributed by atoms with Gasteiger partial charge >= 0.3 is 6.36 Å². The number of alkyl halides is 3. The molecule has 0 amide bonds. The van der Waals surface area contributed by atoms with E-state index in [1.165, 1.54) is 12.1 Å². The third kappa shape index (κ3) is 5.21. The van der Waals surface area contributed by atoms with Crippen LogP contribution in [-0.2, 0) is 17.1 Å². The van der Waals surface area contributed by atoms with E-state index in [1.807, 2.05) is 0 Å². The highest BCUT2D eigenvalue weighted by atomic mass is 32.2. The second-order valence-corrected chi connectivity index (χ2v) is 6.98. The molecule has 0 saturated carbocycles. The molecule has 0 aliphatic carbocycles. The summed E-state index contributed by atoms with van der Waals surface area (Å²) in [5.41, 5.74) is 0.597. The quantitative estimate of drug-likeness (QED) is 0.775. The summed E-state index contributed by atoms with van der Waals surface area (Å²) in [6, 6.07) is 7.87. The van der Waals surface area contributed by atoms with E-state index in [2.05, 4.69) is 9.46 Å². The van der Waals surface area contributed by atoms with Crippen LogP contribution < -0.4 is 9.46 Å². The van der Waals surface area contributed by atoms with Crippen molar-refractivity contribution in [2.75, 3.05) is 6.54 Å². The smallest absolute Gasteiger partial charge is 0.404 e. The molecular weight excluding hydrogens is 361 g/mol. The first kappa shape index (κ1) is 19.3. The van der Waals surface area contributed by atoms with E-state index >= 15 is 0 Å². The molecular formula is C15H17F3N2O4S. The van der Waals surface area contributed by atoms with Gasteiger partial charge in [-0.1, -0.05) is 12.1 Å². The lowest BCUT2D eigenvalue weighted by Crippen LogP contribution is -2.27. The Kier molecular flexibility index (Phi) is 5.76. The van der Waals surface area contributed by atoms with Crippen LogP contribution in [0, 0.1) is 0 Å². The number of nitrogens with zero attached hydrogens (tertiary/aromatic N) is 1. The molecule has 138 valence electrons. The molecule has 10 heteroatoms. The fourth-order valence-electron chi connectivity index (χ4n) is 2.26. The van der Waals surface area contributed by atoms with Crippen LogP contribution in [0.4, 0.5) is 13.2 Å². The summed E-state index contributed by atoms with van der Waals surface area (Å²) in [4.78, 5) is -0.624. The largest absolute Gasteiger partial charge is 0.573 e. The number of sulfonamides is 1. The monoisotopic (exact) mass is 378 g/mol. The maximum absolute atomic E-state index is 12.4. The van der Waals surface area contributed by atoms with Gasteiger partial charge in [0.1, 0.15) is 10.6 Å². The van der Waals surface area contributed by atoms with E-state index in [4.69, 9.17) is 0 Å². The zero-order valence-corrected chi connectivity index (χ0v) is 14.0. The van der Waals surface area contributed by atoms with Gasteiger partial charge in [-0.25, -0.2) is 13.1 Å². The van der Waals surface area contributed by atoms with Crippen molar-refractivity contribution >= 4 is 10.0 Å². The van der Waals surface area contributed by atoms with Crippen LogP contribution in [0.25, 0.3) is 0 Å². The Morgan fingerprint density at radius 3 is 2.52 bits per heavy atom. The number of hydrogen-bond acceptors (Lipinski definition) is 4. The summed E-state index contributed by atoms with van der Waals surface area (Å²) >= 11 is 0. The Morgan fingerprint density at radius 1 is 1.24 bits per heavy atom. The Morgan fingerprint density at radius 2 is 1.92 bits per heavy atom. The molecule has 6 nitrogen and oxygen atoms in total. The highest BCUT2D eigenvalue weighted by Crippen LogP contribution is 2.29. The van der Waals surface area contributed by atoms with Crippen molar-refractivity contribution in [1.29, 1.82) is 0 Å². The lowest BCUT2D eigenvalue weighted by Gasteiger charge is -2.15. The molecule has 2 N–H and O–H groups in total. The second kappa shape index (κ2) is 7.46. The summed E-state index contributed by atoms with van der Waals surface area (Å²) < 4.78 is 69.2.